The van der Waals surface area contributed by atoms with Gasteiger partial charge in [0.15, 0.2) is 5.13 Å². The number of fused-ring (bicyclic) bond motifs is 2. The van der Waals surface area contributed by atoms with Gasteiger partial charge in [-0.2, -0.15) is 0 Å². The zero-order chi connectivity index (χ0) is 44.5. The molecule has 7 fully saturated rings. The fourth-order valence-corrected chi connectivity index (χ4v) is 11.3. The molecule has 5 saturated carbocycles. The monoisotopic (exact) mass is 907 g/mol. The van der Waals surface area contributed by atoms with Crippen LogP contribution in [0, 0.1) is 35.0 Å². The highest BCUT2D eigenvalue weighted by Gasteiger charge is 2.81. The Kier molecular flexibility index (Phi) is 11.7. The second kappa shape index (κ2) is 16.8. The van der Waals surface area contributed by atoms with Gasteiger partial charge in [-0.25, -0.2) is 19.6 Å². The number of carbonyl (C=O) groups is 4. The average molecular weight is 909 g/mol. The number of nitrogens with zero attached hydrogens (tertiary/aromatic N) is 4. The van der Waals surface area contributed by atoms with Crippen LogP contribution in [0.2, 0.25) is 5.02 Å². The summed E-state index contributed by atoms with van der Waals surface area (Å²) in [5.41, 5.74) is -0.671. The lowest BCUT2D eigenvalue weighted by Crippen LogP contribution is -2.59. The number of amides is 3. The van der Waals surface area contributed by atoms with Crippen LogP contribution < -0.4 is 25.4 Å². The normalized spacial score (nSPS) is 29.8. The van der Waals surface area contributed by atoms with Crippen LogP contribution in [-0.4, -0.2) is 131 Å². The number of hydrogen-bond donors (Lipinski definition) is 4. The minimum atomic E-state index is -1.42. The number of morpholine rings is 1. The number of ether oxygens (including phenoxy) is 4. The third-order valence-corrected chi connectivity index (χ3v) is 15.0. The molecule has 2 unspecified atom stereocenters. The maximum Gasteiger partial charge on any atom is 0.408 e. The van der Waals surface area contributed by atoms with Crippen LogP contribution in [0.4, 0.5) is 9.93 Å². The number of aliphatic carboxylic acids is 1. The highest BCUT2D eigenvalue weighted by atomic mass is 35.5. The lowest BCUT2D eigenvalue weighted by atomic mass is 9.85. The first-order valence-corrected chi connectivity index (χ1v) is 23.6. The number of benzene rings is 1. The van der Waals surface area contributed by atoms with Gasteiger partial charge in [0.05, 0.1) is 31.0 Å². The summed E-state index contributed by atoms with van der Waals surface area (Å²) in [4.78, 5) is 68.6. The Morgan fingerprint density at radius 1 is 1.06 bits per heavy atom. The number of aromatic nitrogens is 2. The van der Waals surface area contributed by atoms with Crippen molar-refractivity contribution < 1.29 is 43.2 Å². The molecule has 18 heteroatoms. The molecular formula is C45H58ClN7O9S. The highest BCUT2D eigenvalue weighted by Crippen LogP contribution is 2.82. The number of nitrogens with one attached hydrogen (secondary N) is 3. The van der Waals surface area contributed by atoms with Gasteiger partial charge in [-0.05, 0) is 67.9 Å². The fraction of sp³-hybridized carbons (Fsp3) is 0.644. The van der Waals surface area contributed by atoms with E-state index in [2.05, 4.69) is 20.9 Å². The summed E-state index contributed by atoms with van der Waals surface area (Å²) < 4.78 is 24.4. The van der Waals surface area contributed by atoms with Gasteiger partial charge in [-0.15, -0.1) is 11.3 Å². The van der Waals surface area contributed by atoms with E-state index in [1.54, 1.807) is 12.1 Å². The van der Waals surface area contributed by atoms with Gasteiger partial charge >= 0.3 is 12.1 Å². The number of alkyl carbamates (subject to hydrolysis) is 1. The lowest BCUT2D eigenvalue weighted by molar-refractivity contribution is -0.146. The van der Waals surface area contributed by atoms with E-state index in [0.717, 1.165) is 24.6 Å². The van der Waals surface area contributed by atoms with Gasteiger partial charge < -0.3 is 44.9 Å². The maximum absolute atomic E-state index is 14.8. The van der Waals surface area contributed by atoms with Gasteiger partial charge in [0.1, 0.15) is 58.7 Å². The minimum Gasteiger partial charge on any atom is -0.491 e. The largest absolute Gasteiger partial charge is 0.491 e. The van der Waals surface area contributed by atoms with Crippen molar-refractivity contribution in [3.05, 3.63) is 28.6 Å². The molecule has 2 aromatic heterocycles. The zero-order valence-electron chi connectivity index (χ0n) is 36.6. The quantitative estimate of drug-likeness (QED) is 0.138. The Labute approximate surface area is 376 Å². The van der Waals surface area contributed by atoms with Crippen LogP contribution in [0.1, 0.15) is 67.2 Å². The number of anilines is 1. The van der Waals surface area contributed by atoms with Crippen LogP contribution in [0.25, 0.3) is 22.3 Å². The van der Waals surface area contributed by atoms with E-state index >= 15 is 0 Å². The average Bonchev–Trinajstić information content (AvgIpc) is 4.10. The van der Waals surface area contributed by atoms with E-state index in [4.69, 9.17) is 40.5 Å². The number of carbonyl (C=O) groups excluding carboxylic acids is 3. The predicted octanol–water partition coefficient (Wildman–Crippen LogP) is 5.67. The van der Waals surface area contributed by atoms with Crippen molar-refractivity contribution in [2.45, 2.75) is 103 Å². The molecule has 0 spiro atoms. The first-order valence-electron chi connectivity index (χ1n) is 22.3. The zero-order valence-corrected chi connectivity index (χ0v) is 38.2. The van der Waals surface area contributed by atoms with Crippen molar-refractivity contribution in [1.82, 2.24) is 30.4 Å². The minimum absolute atomic E-state index is 0.0258. The molecule has 1 aromatic carbocycles. The Balaban J connectivity index is 1.01. The number of rotatable bonds is 16. The van der Waals surface area contributed by atoms with Gasteiger partial charge in [0, 0.05) is 54.8 Å². The van der Waals surface area contributed by atoms with Crippen LogP contribution in [-0.2, 0) is 23.9 Å². The Morgan fingerprint density at radius 3 is 2.48 bits per heavy atom. The summed E-state index contributed by atoms with van der Waals surface area (Å²) in [7, 11) is 0. The third kappa shape index (κ3) is 8.62. The number of carboxylic acids is 1. The molecule has 5 aliphatic carbocycles. The Bertz CT molecular complexity index is 2270. The number of thiazole rings is 1. The van der Waals surface area contributed by atoms with Crippen molar-refractivity contribution in [3.63, 3.8) is 0 Å². The van der Waals surface area contributed by atoms with Crippen LogP contribution in [0.3, 0.4) is 0 Å². The molecule has 0 radical (unpaired) electrons. The van der Waals surface area contributed by atoms with Gasteiger partial charge in [0.2, 0.25) is 11.8 Å². The summed E-state index contributed by atoms with van der Waals surface area (Å²) in [5.74, 6) is 0.897. The topological polar surface area (TPSA) is 194 Å². The summed E-state index contributed by atoms with van der Waals surface area (Å²) in [6.07, 6.45) is 0.239. The van der Waals surface area contributed by atoms with Crippen molar-refractivity contribution in [2.24, 2.45) is 35.0 Å². The van der Waals surface area contributed by atoms with E-state index in [1.807, 2.05) is 53.0 Å². The number of hydrogen-bond acceptors (Lipinski definition) is 13. The molecule has 16 nitrogen and oxygen atoms in total. The lowest BCUT2D eigenvalue weighted by Gasteiger charge is -2.35. The molecule has 3 amide bonds. The molecule has 63 heavy (non-hydrogen) atoms. The van der Waals surface area contributed by atoms with Gasteiger partial charge in [-0.1, -0.05) is 45.7 Å². The van der Waals surface area contributed by atoms with Crippen LogP contribution in [0.5, 0.6) is 11.5 Å². The van der Waals surface area contributed by atoms with Crippen molar-refractivity contribution >= 4 is 62.8 Å². The molecule has 3 aromatic rings. The molecular weight excluding hydrogens is 850 g/mol. The molecule has 4 N–H and O–H groups in total. The number of carboxylic acid groups (broad SMARTS) is 1. The van der Waals surface area contributed by atoms with E-state index < -0.39 is 53.0 Å². The fourth-order valence-electron chi connectivity index (χ4n) is 10.2. The van der Waals surface area contributed by atoms with Crippen molar-refractivity contribution in [2.75, 3.05) is 51.3 Å². The smallest absolute Gasteiger partial charge is 0.408 e. The van der Waals surface area contributed by atoms with Crippen molar-refractivity contribution in [3.8, 4) is 22.9 Å². The SMILES string of the molecule is CC[C@@H]1C[C@]1(NC(=O)[C@@H]1C[C@@H](Oc2cc(-c3csc(NC(C)C)n3)nc3c(Cl)c(OCCN4CCOCC4)ccc23)CN1C(=O)[C@@H](NC(=O)O[C@@H]1CC2C3C2C31)C(C)(C)C)C(=O)O. The van der Waals surface area contributed by atoms with E-state index in [9.17, 15) is 24.3 Å². The maximum atomic E-state index is 14.8. The summed E-state index contributed by atoms with van der Waals surface area (Å²) in [5, 5.41) is 22.8. The van der Waals surface area contributed by atoms with Crippen molar-refractivity contribution in [1.29, 1.82) is 0 Å². The molecule has 7 aliphatic rings. The molecule has 2 bridgehead atoms. The first-order chi connectivity index (χ1) is 30.1. The second-order valence-electron chi connectivity index (χ2n) is 19.5. The third-order valence-electron chi connectivity index (χ3n) is 13.9. The van der Waals surface area contributed by atoms with Crippen LogP contribution in [0.15, 0.2) is 23.6 Å². The first kappa shape index (κ1) is 43.8. The molecule has 10 rings (SSSR count). The number of pyridine rings is 1. The van der Waals surface area contributed by atoms with Gasteiger partial charge in [0.25, 0.3) is 0 Å². The molecule has 4 heterocycles. The summed E-state index contributed by atoms with van der Waals surface area (Å²) in [6.45, 7) is 15.6. The number of halogens is 1. The summed E-state index contributed by atoms with van der Waals surface area (Å²) >= 11 is 8.56. The second-order valence-corrected chi connectivity index (χ2v) is 20.7. The molecule has 340 valence electrons. The molecule has 2 aliphatic heterocycles. The highest BCUT2D eigenvalue weighted by molar-refractivity contribution is 7.14. The predicted molar refractivity (Wildman–Crippen MR) is 236 cm³/mol. The van der Waals surface area contributed by atoms with E-state index in [1.165, 1.54) is 16.2 Å². The van der Waals surface area contributed by atoms with E-state index in [-0.39, 0.29) is 31.0 Å². The van der Waals surface area contributed by atoms with Crippen LogP contribution >= 0.6 is 22.9 Å². The number of likely N-dealkylation sites (tertiary alicyclic amines) is 1. The van der Waals surface area contributed by atoms with Gasteiger partial charge in [-0.3, -0.25) is 14.5 Å². The standard InChI is InChI=1S/C45H58ClN7O9S/c1-7-23-19-45(23,41(56)57)51-39(54)29-16-24(20-53(29)40(55)38(44(4,5)6)50-43(58)62-32-17-26-33-34(26)35(32)33)61-31-18-27(28-21-63-42(49-28)47-22(2)3)48-37-25(31)8-9-30(36(37)46)60-15-12-52-10-13-59-14-11-52/h8-9,18,21-24,26,29,32-35,38H,7,10-17,19-20H2,1-6H3,(H,47,49)(H,50,58)(H,51,54)(H,56,57)/t23-,24-,26?,29+,32-,33?,34?,35?,38-,45-/m1/s1. The Hall–Kier alpha value is -4.45. The summed E-state index contributed by atoms with van der Waals surface area (Å²) in [6, 6.07) is 3.40. The van der Waals surface area contributed by atoms with E-state index in [0.29, 0.717) is 102 Å². The Morgan fingerprint density at radius 2 is 1.83 bits per heavy atom. The molecule has 2 saturated heterocycles. The molecule has 8 atom stereocenters.